The molecule has 0 aromatic carbocycles. The van der Waals surface area contributed by atoms with Gasteiger partial charge in [-0.05, 0) is 5.92 Å². The van der Waals surface area contributed by atoms with Crippen LogP contribution in [-0.2, 0) is 15.5 Å². The second kappa shape index (κ2) is 9.62. The predicted molar refractivity (Wildman–Crippen MR) is 62.1 cm³/mol. The summed E-state index contributed by atoms with van der Waals surface area (Å²) in [6, 6.07) is 0. The second-order valence-electron chi connectivity index (χ2n) is 3.65. The highest BCUT2D eigenvalue weighted by molar-refractivity contribution is 7.84. The molecule has 3 nitrogen and oxygen atoms in total. The van der Waals surface area contributed by atoms with Crippen molar-refractivity contribution in [3.05, 3.63) is 0 Å². The van der Waals surface area contributed by atoms with E-state index in [0.29, 0.717) is 5.92 Å². The molecule has 0 aliphatic carbocycles. The van der Waals surface area contributed by atoms with Gasteiger partial charge in [0.1, 0.15) is 0 Å². The maximum atomic E-state index is 11.0. The third-order valence-electron chi connectivity index (χ3n) is 1.70. The van der Waals surface area contributed by atoms with Crippen LogP contribution in [0.4, 0.5) is 0 Å². The summed E-state index contributed by atoms with van der Waals surface area (Å²) in [6.45, 7) is 9.47. The summed E-state index contributed by atoms with van der Waals surface area (Å²) in [5, 5.41) is 3.21. The molecule has 0 radical (unpaired) electrons. The van der Waals surface area contributed by atoms with Crippen molar-refractivity contribution >= 4 is 10.8 Å². The summed E-state index contributed by atoms with van der Waals surface area (Å²) in [4.78, 5) is 0. The minimum absolute atomic E-state index is 0.600. The van der Waals surface area contributed by atoms with E-state index in [-0.39, 0.29) is 0 Å². The largest absolute Gasteiger partial charge is 0.380 e. The quantitative estimate of drug-likeness (QED) is 0.591. The third kappa shape index (κ3) is 10.2. The molecule has 0 aliphatic heterocycles. The monoisotopic (exact) mass is 221 g/mol. The lowest BCUT2D eigenvalue weighted by molar-refractivity contribution is 0.112. The van der Waals surface area contributed by atoms with Crippen LogP contribution in [0.5, 0.6) is 0 Å². The smallest absolute Gasteiger partial charge is 0.0591 e. The van der Waals surface area contributed by atoms with Gasteiger partial charge in [0.25, 0.3) is 0 Å². The summed E-state index contributed by atoms with van der Waals surface area (Å²) < 4.78 is 16.4. The van der Waals surface area contributed by atoms with Gasteiger partial charge in [-0.1, -0.05) is 20.8 Å². The SMILES string of the molecule is CCS(=O)CCNCCOCC(C)C. The lowest BCUT2D eigenvalue weighted by Crippen LogP contribution is -2.25. The van der Waals surface area contributed by atoms with E-state index in [1.807, 2.05) is 6.92 Å². The molecule has 1 N–H and O–H groups in total. The molecule has 0 aromatic rings. The molecule has 0 aromatic heterocycles. The van der Waals surface area contributed by atoms with E-state index in [0.717, 1.165) is 37.8 Å². The Balaban J connectivity index is 3.03. The van der Waals surface area contributed by atoms with Gasteiger partial charge in [0.15, 0.2) is 0 Å². The molecule has 0 amide bonds. The average Bonchev–Trinajstić information content (AvgIpc) is 2.15. The van der Waals surface area contributed by atoms with E-state index in [4.69, 9.17) is 4.74 Å². The molecule has 0 aliphatic rings. The van der Waals surface area contributed by atoms with Crippen LogP contribution in [0.2, 0.25) is 0 Å². The normalized spacial score (nSPS) is 13.4. The van der Waals surface area contributed by atoms with E-state index < -0.39 is 10.8 Å². The first-order valence-electron chi connectivity index (χ1n) is 5.30. The summed E-state index contributed by atoms with van der Waals surface area (Å²) in [7, 11) is -0.645. The Morgan fingerprint density at radius 1 is 1.36 bits per heavy atom. The van der Waals surface area contributed by atoms with Gasteiger partial charge in [-0.3, -0.25) is 4.21 Å². The van der Waals surface area contributed by atoms with E-state index in [1.165, 1.54) is 0 Å². The fraction of sp³-hybridized carbons (Fsp3) is 1.00. The van der Waals surface area contributed by atoms with E-state index in [1.54, 1.807) is 0 Å². The molecule has 0 bridgehead atoms. The summed E-state index contributed by atoms with van der Waals surface area (Å²) in [6.07, 6.45) is 0. The number of rotatable bonds is 9. The van der Waals surface area contributed by atoms with Gasteiger partial charge >= 0.3 is 0 Å². The zero-order chi connectivity index (χ0) is 10.8. The van der Waals surface area contributed by atoms with Gasteiger partial charge < -0.3 is 10.1 Å². The molecule has 4 heteroatoms. The number of hydrogen-bond acceptors (Lipinski definition) is 3. The van der Waals surface area contributed by atoms with Crippen LogP contribution in [0.25, 0.3) is 0 Å². The van der Waals surface area contributed by atoms with Crippen LogP contribution in [0, 0.1) is 5.92 Å². The molecule has 1 unspecified atom stereocenters. The van der Waals surface area contributed by atoms with Crippen LogP contribution in [0.3, 0.4) is 0 Å². The van der Waals surface area contributed by atoms with Crippen LogP contribution in [-0.4, -0.2) is 42.0 Å². The van der Waals surface area contributed by atoms with Gasteiger partial charge in [-0.15, -0.1) is 0 Å². The van der Waals surface area contributed by atoms with E-state index >= 15 is 0 Å². The lowest BCUT2D eigenvalue weighted by Gasteiger charge is -2.07. The van der Waals surface area contributed by atoms with Crippen molar-refractivity contribution in [2.24, 2.45) is 5.92 Å². The maximum Gasteiger partial charge on any atom is 0.0591 e. The maximum absolute atomic E-state index is 11.0. The Bertz CT molecular complexity index is 151. The molecular formula is C10H23NO2S. The van der Waals surface area contributed by atoms with Crippen LogP contribution < -0.4 is 5.32 Å². The van der Waals surface area contributed by atoms with Crippen LogP contribution in [0.1, 0.15) is 20.8 Å². The first-order valence-corrected chi connectivity index (χ1v) is 6.79. The van der Waals surface area contributed by atoms with E-state index in [9.17, 15) is 4.21 Å². The van der Waals surface area contributed by atoms with Crippen LogP contribution in [0.15, 0.2) is 0 Å². The molecule has 0 heterocycles. The first-order chi connectivity index (χ1) is 6.66. The van der Waals surface area contributed by atoms with Gasteiger partial charge in [-0.25, -0.2) is 0 Å². The Labute approximate surface area is 90.1 Å². The molecule has 0 saturated heterocycles. The van der Waals surface area contributed by atoms with Crippen molar-refractivity contribution in [3.8, 4) is 0 Å². The lowest BCUT2D eigenvalue weighted by atomic mass is 10.2. The highest BCUT2D eigenvalue weighted by atomic mass is 32.2. The second-order valence-corrected chi connectivity index (χ2v) is 5.52. The van der Waals surface area contributed by atoms with Crippen molar-refractivity contribution in [1.29, 1.82) is 0 Å². The fourth-order valence-electron chi connectivity index (χ4n) is 0.919. The van der Waals surface area contributed by atoms with Crippen molar-refractivity contribution in [2.75, 3.05) is 37.8 Å². The molecular weight excluding hydrogens is 198 g/mol. The minimum Gasteiger partial charge on any atom is -0.380 e. The van der Waals surface area contributed by atoms with Gasteiger partial charge in [0.2, 0.25) is 0 Å². The molecule has 86 valence electrons. The molecule has 14 heavy (non-hydrogen) atoms. The minimum atomic E-state index is -0.645. The first kappa shape index (κ1) is 14.1. The molecule has 0 rings (SSSR count). The summed E-state index contributed by atoms with van der Waals surface area (Å²) in [5.41, 5.74) is 0. The number of ether oxygens (including phenoxy) is 1. The van der Waals surface area contributed by atoms with Crippen molar-refractivity contribution < 1.29 is 8.95 Å². The molecule has 0 spiro atoms. The topological polar surface area (TPSA) is 38.3 Å². The highest BCUT2D eigenvalue weighted by Crippen LogP contribution is 1.90. The van der Waals surface area contributed by atoms with Gasteiger partial charge in [-0.2, -0.15) is 0 Å². The highest BCUT2D eigenvalue weighted by Gasteiger charge is 1.95. The Hall–Kier alpha value is 0.0700. The average molecular weight is 221 g/mol. The van der Waals surface area contributed by atoms with Crippen LogP contribution >= 0.6 is 0 Å². The standard InChI is InChI=1S/C10H23NO2S/c1-4-14(12)8-6-11-5-7-13-9-10(2)3/h10-11H,4-9H2,1-3H3. The zero-order valence-corrected chi connectivity index (χ0v) is 10.4. The number of nitrogens with one attached hydrogen (secondary N) is 1. The fourth-order valence-corrected chi connectivity index (χ4v) is 1.58. The molecule has 1 atom stereocenters. The summed E-state index contributed by atoms with van der Waals surface area (Å²) >= 11 is 0. The predicted octanol–water partition coefficient (Wildman–Crippen LogP) is 1.02. The Kier molecular flexibility index (Phi) is 9.67. The molecule has 0 fully saturated rings. The third-order valence-corrected chi connectivity index (χ3v) is 3.01. The van der Waals surface area contributed by atoms with Crippen molar-refractivity contribution in [3.63, 3.8) is 0 Å². The van der Waals surface area contributed by atoms with Gasteiger partial charge in [0, 0.05) is 42.0 Å². The summed E-state index contributed by atoms with van der Waals surface area (Å²) in [5.74, 6) is 2.11. The van der Waals surface area contributed by atoms with Gasteiger partial charge in [0.05, 0.1) is 6.61 Å². The van der Waals surface area contributed by atoms with Crippen molar-refractivity contribution in [2.45, 2.75) is 20.8 Å². The van der Waals surface area contributed by atoms with E-state index in [2.05, 4.69) is 19.2 Å². The molecule has 0 saturated carbocycles. The van der Waals surface area contributed by atoms with Crippen molar-refractivity contribution in [1.82, 2.24) is 5.32 Å². The number of hydrogen-bond donors (Lipinski definition) is 1. The zero-order valence-electron chi connectivity index (χ0n) is 9.54. The Morgan fingerprint density at radius 2 is 2.07 bits per heavy atom. The Morgan fingerprint density at radius 3 is 2.64 bits per heavy atom.